The van der Waals surface area contributed by atoms with Crippen molar-refractivity contribution in [2.75, 3.05) is 5.32 Å². The SMILES string of the molecule is O=C(Nc1ccnn1Cc1ccccc1)c1cc(=O)c2cc(Cl)cc(Cl)c2o1. The van der Waals surface area contributed by atoms with Gasteiger partial charge in [-0.2, -0.15) is 5.10 Å². The number of benzene rings is 2. The predicted octanol–water partition coefficient (Wildman–Crippen LogP) is 4.60. The van der Waals surface area contributed by atoms with Crippen molar-refractivity contribution in [2.24, 2.45) is 0 Å². The number of fused-ring (bicyclic) bond motifs is 1. The average Bonchev–Trinajstić information content (AvgIpc) is 3.10. The molecule has 140 valence electrons. The number of anilines is 1. The standard InChI is InChI=1S/C20H13Cl2N3O3/c21-13-8-14-16(26)10-17(28-19(14)15(22)9-13)20(27)24-18-6-7-23-25(18)11-12-4-2-1-3-5-12/h1-10H,11H2,(H,24,27). The second-order valence-electron chi connectivity index (χ2n) is 6.05. The Bertz CT molecular complexity index is 1230. The van der Waals surface area contributed by atoms with Crippen LogP contribution in [0.3, 0.4) is 0 Å². The van der Waals surface area contributed by atoms with Crippen LogP contribution in [0.25, 0.3) is 11.0 Å². The van der Waals surface area contributed by atoms with Crippen molar-refractivity contribution in [3.8, 4) is 0 Å². The van der Waals surface area contributed by atoms with Gasteiger partial charge in [0.25, 0.3) is 5.91 Å². The summed E-state index contributed by atoms with van der Waals surface area (Å²) >= 11 is 12.0. The van der Waals surface area contributed by atoms with E-state index < -0.39 is 11.3 Å². The largest absolute Gasteiger partial charge is 0.449 e. The smallest absolute Gasteiger partial charge is 0.292 e. The Morgan fingerprint density at radius 1 is 1.11 bits per heavy atom. The topological polar surface area (TPSA) is 77.1 Å². The molecule has 0 spiro atoms. The molecule has 6 nitrogen and oxygen atoms in total. The van der Waals surface area contributed by atoms with E-state index in [9.17, 15) is 9.59 Å². The molecule has 0 saturated heterocycles. The second-order valence-corrected chi connectivity index (χ2v) is 6.90. The molecule has 0 radical (unpaired) electrons. The highest BCUT2D eigenvalue weighted by Crippen LogP contribution is 2.27. The first-order valence-corrected chi connectivity index (χ1v) is 9.07. The molecular weight excluding hydrogens is 401 g/mol. The minimum absolute atomic E-state index is 0.113. The van der Waals surface area contributed by atoms with Crippen LogP contribution in [0.4, 0.5) is 5.82 Å². The average molecular weight is 414 g/mol. The van der Waals surface area contributed by atoms with Crippen LogP contribution in [-0.4, -0.2) is 15.7 Å². The maximum atomic E-state index is 12.6. The van der Waals surface area contributed by atoms with Gasteiger partial charge < -0.3 is 9.73 Å². The van der Waals surface area contributed by atoms with Crippen molar-refractivity contribution in [3.05, 3.63) is 92.4 Å². The first-order chi connectivity index (χ1) is 13.5. The molecule has 28 heavy (non-hydrogen) atoms. The summed E-state index contributed by atoms with van der Waals surface area (Å²) in [5, 5.41) is 7.61. The van der Waals surface area contributed by atoms with E-state index in [2.05, 4.69) is 10.4 Å². The Morgan fingerprint density at radius 2 is 1.89 bits per heavy atom. The number of hydrogen-bond acceptors (Lipinski definition) is 4. The summed E-state index contributed by atoms with van der Waals surface area (Å²) in [4.78, 5) is 25.0. The zero-order valence-electron chi connectivity index (χ0n) is 14.4. The van der Waals surface area contributed by atoms with Gasteiger partial charge in [0.1, 0.15) is 5.82 Å². The predicted molar refractivity (Wildman–Crippen MR) is 108 cm³/mol. The summed E-state index contributed by atoms with van der Waals surface area (Å²) in [5.74, 6) is -0.271. The van der Waals surface area contributed by atoms with Crippen LogP contribution < -0.4 is 10.7 Å². The van der Waals surface area contributed by atoms with E-state index in [0.717, 1.165) is 11.6 Å². The Hall–Kier alpha value is -3.09. The van der Waals surface area contributed by atoms with Gasteiger partial charge in [0.2, 0.25) is 0 Å². The number of hydrogen-bond donors (Lipinski definition) is 1. The lowest BCUT2D eigenvalue weighted by Crippen LogP contribution is -2.18. The Labute approximate surface area is 169 Å². The van der Waals surface area contributed by atoms with Crippen molar-refractivity contribution in [2.45, 2.75) is 6.54 Å². The first-order valence-electron chi connectivity index (χ1n) is 8.31. The molecule has 0 aliphatic carbocycles. The van der Waals surface area contributed by atoms with Gasteiger partial charge in [-0.15, -0.1) is 0 Å². The summed E-state index contributed by atoms with van der Waals surface area (Å²) in [6.07, 6.45) is 1.58. The number of carbonyl (C=O) groups is 1. The van der Waals surface area contributed by atoms with E-state index in [4.69, 9.17) is 27.6 Å². The van der Waals surface area contributed by atoms with Gasteiger partial charge in [0.05, 0.1) is 23.2 Å². The normalized spacial score (nSPS) is 10.9. The monoisotopic (exact) mass is 413 g/mol. The van der Waals surface area contributed by atoms with Crippen LogP contribution in [0.5, 0.6) is 0 Å². The van der Waals surface area contributed by atoms with Gasteiger partial charge in [-0.3, -0.25) is 9.59 Å². The number of nitrogens with zero attached hydrogens (tertiary/aromatic N) is 2. The van der Waals surface area contributed by atoms with Gasteiger partial charge in [-0.25, -0.2) is 4.68 Å². The molecule has 0 atom stereocenters. The molecule has 0 aliphatic rings. The quantitative estimate of drug-likeness (QED) is 0.530. The molecule has 0 unspecified atom stereocenters. The Balaban J connectivity index is 1.63. The highest BCUT2D eigenvalue weighted by Gasteiger charge is 2.16. The van der Waals surface area contributed by atoms with Crippen molar-refractivity contribution >= 4 is 45.9 Å². The first kappa shape index (κ1) is 18.3. The molecule has 2 aromatic heterocycles. The van der Waals surface area contributed by atoms with Crippen LogP contribution in [0.1, 0.15) is 16.1 Å². The number of halogens is 2. The van der Waals surface area contributed by atoms with Crippen molar-refractivity contribution < 1.29 is 9.21 Å². The van der Waals surface area contributed by atoms with Crippen LogP contribution in [-0.2, 0) is 6.54 Å². The molecule has 4 aromatic rings. The maximum absolute atomic E-state index is 12.6. The van der Waals surface area contributed by atoms with E-state index in [1.807, 2.05) is 30.3 Å². The Kier molecular flexibility index (Phi) is 4.90. The number of aromatic nitrogens is 2. The fourth-order valence-electron chi connectivity index (χ4n) is 2.79. The highest BCUT2D eigenvalue weighted by atomic mass is 35.5. The fraction of sp³-hybridized carbons (Fsp3) is 0.0500. The zero-order chi connectivity index (χ0) is 19.7. The molecule has 8 heteroatoms. The lowest BCUT2D eigenvalue weighted by atomic mass is 10.2. The maximum Gasteiger partial charge on any atom is 0.292 e. The second kappa shape index (κ2) is 7.50. The minimum Gasteiger partial charge on any atom is -0.449 e. The zero-order valence-corrected chi connectivity index (χ0v) is 15.9. The number of nitrogens with one attached hydrogen (secondary N) is 1. The lowest BCUT2D eigenvalue weighted by Gasteiger charge is -2.09. The summed E-state index contributed by atoms with van der Waals surface area (Å²) in [5.41, 5.74) is 0.734. The summed E-state index contributed by atoms with van der Waals surface area (Å²) in [6, 6.07) is 15.4. The van der Waals surface area contributed by atoms with Crippen LogP contribution >= 0.6 is 23.2 Å². The van der Waals surface area contributed by atoms with Gasteiger partial charge >= 0.3 is 0 Å². The molecule has 0 bridgehead atoms. The number of carbonyl (C=O) groups excluding carboxylic acids is 1. The van der Waals surface area contributed by atoms with Crippen LogP contribution in [0.15, 0.2) is 70.0 Å². The summed E-state index contributed by atoms with van der Waals surface area (Å²) in [6.45, 7) is 0.482. The van der Waals surface area contributed by atoms with E-state index >= 15 is 0 Å². The van der Waals surface area contributed by atoms with Crippen LogP contribution in [0.2, 0.25) is 10.0 Å². The van der Waals surface area contributed by atoms with Gasteiger partial charge in [0, 0.05) is 17.2 Å². The Morgan fingerprint density at radius 3 is 2.68 bits per heavy atom. The van der Waals surface area contributed by atoms with E-state index in [0.29, 0.717) is 17.4 Å². The van der Waals surface area contributed by atoms with Crippen molar-refractivity contribution in [1.82, 2.24) is 9.78 Å². The third-order valence-corrected chi connectivity index (χ3v) is 4.60. The van der Waals surface area contributed by atoms with Crippen molar-refractivity contribution in [1.29, 1.82) is 0 Å². The number of amides is 1. The number of rotatable bonds is 4. The molecule has 1 amide bonds. The minimum atomic E-state index is -0.583. The van der Waals surface area contributed by atoms with Gasteiger partial charge in [0.15, 0.2) is 16.8 Å². The summed E-state index contributed by atoms with van der Waals surface area (Å²) in [7, 11) is 0. The van der Waals surface area contributed by atoms with Gasteiger partial charge in [-0.1, -0.05) is 53.5 Å². The van der Waals surface area contributed by atoms with Gasteiger partial charge in [-0.05, 0) is 17.7 Å². The molecule has 0 aliphatic heterocycles. The van der Waals surface area contributed by atoms with E-state index in [1.165, 1.54) is 12.1 Å². The molecule has 1 N–H and O–H groups in total. The molecule has 4 rings (SSSR count). The molecular formula is C20H13Cl2N3O3. The fourth-order valence-corrected chi connectivity index (χ4v) is 3.33. The molecule has 0 fully saturated rings. The van der Waals surface area contributed by atoms with E-state index in [-0.39, 0.29) is 21.8 Å². The van der Waals surface area contributed by atoms with E-state index in [1.54, 1.807) is 16.9 Å². The molecule has 2 heterocycles. The molecule has 2 aromatic carbocycles. The van der Waals surface area contributed by atoms with Crippen molar-refractivity contribution in [3.63, 3.8) is 0 Å². The third-order valence-electron chi connectivity index (χ3n) is 4.11. The highest BCUT2D eigenvalue weighted by molar-refractivity contribution is 6.38. The molecule has 0 saturated carbocycles. The van der Waals surface area contributed by atoms with Crippen LogP contribution in [0, 0.1) is 0 Å². The lowest BCUT2D eigenvalue weighted by molar-refractivity contribution is 0.0996. The summed E-state index contributed by atoms with van der Waals surface area (Å²) < 4.78 is 7.20. The third kappa shape index (κ3) is 3.65.